The second-order valence-electron chi connectivity index (χ2n) is 5.60. The lowest BCUT2D eigenvalue weighted by Crippen LogP contribution is -2.41. The van der Waals surface area contributed by atoms with Crippen LogP contribution in [-0.4, -0.2) is 29.7 Å². The highest BCUT2D eigenvalue weighted by Crippen LogP contribution is 2.36. The molecule has 2 amide bonds. The Morgan fingerprint density at radius 3 is 2.86 bits per heavy atom. The zero-order valence-corrected chi connectivity index (χ0v) is 13.7. The van der Waals surface area contributed by atoms with E-state index in [0.717, 1.165) is 23.4 Å². The molecule has 1 fully saturated rings. The van der Waals surface area contributed by atoms with Crippen molar-refractivity contribution in [2.75, 3.05) is 11.9 Å². The molecule has 0 aromatic heterocycles. The molecule has 0 spiro atoms. The number of anilines is 1. The molecule has 120 valence electrons. The standard InChI is InChI=1S/C15H19N3O2S.ClH/c16-10(9-5-6-9)8-17-14(19)7-13-15(20)18-11-3-1-2-4-12(11)21-13;/h1-4,9-10,13H,5-8,16H2,(H,17,19)(H,18,20);1H. The number of thioether (sulfide) groups is 1. The summed E-state index contributed by atoms with van der Waals surface area (Å²) >= 11 is 1.44. The molecule has 1 aliphatic heterocycles. The maximum atomic E-state index is 12.0. The van der Waals surface area contributed by atoms with Gasteiger partial charge in [0.05, 0.1) is 10.9 Å². The van der Waals surface area contributed by atoms with E-state index < -0.39 is 0 Å². The molecule has 1 saturated carbocycles. The molecular formula is C15H20ClN3O2S. The third kappa shape index (κ3) is 4.15. The van der Waals surface area contributed by atoms with Crippen LogP contribution >= 0.6 is 24.2 Å². The fraction of sp³-hybridized carbons (Fsp3) is 0.467. The van der Waals surface area contributed by atoms with Gasteiger partial charge in [-0.1, -0.05) is 12.1 Å². The average molecular weight is 342 g/mol. The predicted octanol–water partition coefficient (Wildman–Crippen LogP) is 1.76. The Kier molecular flexibility index (Phi) is 5.72. The van der Waals surface area contributed by atoms with E-state index in [1.54, 1.807) is 0 Å². The van der Waals surface area contributed by atoms with E-state index in [4.69, 9.17) is 5.73 Å². The number of carbonyl (C=O) groups is 2. The third-order valence-electron chi connectivity index (χ3n) is 3.84. The van der Waals surface area contributed by atoms with Crippen LogP contribution < -0.4 is 16.4 Å². The third-order valence-corrected chi connectivity index (χ3v) is 5.12. The van der Waals surface area contributed by atoms with Crippen LogP contribution in [0.5, 0.6) is 0 Å². The summed E-state index contributed by atoms with van der Waals surface area (Å²) in [7, 11) is 0. The molecule has 2 aliphatic rings. The van der Waals surface area contributed by atoms with Crippen molar-refractivity contribution in [3.8, 4) is 0 Å². The number of para-hydroxylation sites is 1. The zero-order chi connectivity index (χ0) is 14.8. The summed E-state index contributed by atoms with van der Waals surface area (Å²) in [4.78, 5) is 25.0. The van der Waals surface area contributed by atoms with Crippen LogP contribution in [0, 0.1) is 5.92 Å². The van der Waals surface area contributed by atoms with Gasteiger partial charge >= 0.3 is 0 Å². The molecule has 1 aliphatic carbocycles. The number of halogens is 1. The average Bonchev–Trinajstić information content (AvgIpc) is 3.30. The van der Waals surface area contributed by atoms with Crippen LogP contribution in [-0.2, 0) is 9.59 Å². The van der Waals surface area contributed by atoms with E-state index in [2.05, 4.69) is 10.6 Å². The summed E-state index contributed by atoms with van der Waals surface area (Å²) in [6.45, 7) is 0.499. The second-order valence-corrected chi connectivity index (χ2v) is 6.85. The van der Waals surface area contributed by atoms with Crippen molar-refractivity contribution in [2.24, 2.45) is 11.7 Å². The largest absolute Gasteiger partial charge is 0.354 e. The molecule has 0 radical (unpaired) electrons. The number of carbonyl (C=O) groups excluding carboxylic acids is 2. The van der Waals surface area contributed by atoms with E-state index in [1.807, 2.05) is 24.3 Å². The highest BCUT2D eigenvalue weighted by Gasteiger charge is 2.30. The van der Waals surface area contributed by atoms with Crippen LogP contribution in [0.2, 0.25) is 0 Å². The Morgan fingerprint density at radius 1 is 1.41 bits per heavy atom. The minimum absolute atomic E-state index is 0. The molecule has 1 heterocycles. The van der Waals surface area contributed by atoms with E-state index in [0.29, 0.717) is 12.5 Å². The number of fused-ring (bicyclic) bond motifs is 1. The van der Waals surface area contributed by atoms with Gasteiger partial charge in [-0.15, -0.1) is 24.2 Å². The van der Waals surface area contributed by atoms with E-state index >= 15 is 0 Å². The van der Waals surface area contributed by atoms with Crippen molar-refractivity contribution in [3.05, 3.63) is 24.3 Å². The minimum Gasteiger partial charge on any atom is -0.354 e. The van der Waals surface area contributed by atoms with Crippen LogP contribution in [0.1, 0.15) is 19.3 Å². The van der Waals surface area contributed by atoms with Crippen molar-refractivity contribution >= 4 is 41.7 Å². The van der Waals surface area contributed by atoms with Crippen molar-refractivity contribution in [1.29, 1.82) is 0 Å². The number of amides is 2. The van der Waals surface area contributed by atoms with Gasteiger partial charge in [-0.2, -0.15) is 0 Å². The van der Waals surface area contributed by atoms with Crippen molar-refractivity contribution in [3.63, 3.8) is 0 Å². The van der Waals surface area contributed by atoms with Gasteiger partial charge in [0.1, 0.15) is 0 Å². The van der Waals surface area contributed by atoms with E-state index in [1.165, 1.54) is 11.8 Å². The normalized spacial score (nSPS) is 21.1. The molecule has 2 unspecified atom stereocenters. The summed E-state index contributed by atoms with van der Waals surface area (Å²) in [5.41, 5.74) is 6.77. The molecule has 0 bridgehead atoms. The molecule has 1 aromatic rings. The van der Waals surface area contributed by atoms with Crippen LogP contribution in [0.4, 0.5) is 5.69 Å². The monoisotopic (exact) mass is 341 g/mol. The van der Waals surface area contributed by atoms with Crippen molar-refractivity contribution in [2.45, 2.75) is 35.4 Å². The molecule has 3 rings (SSSR count). The lowest BCUT2D eigenvalue weighted by molar-refractivity contribution is -0.124. The first-order chi connectivity index (χ1) is 10.1. The van der Waals surface area contributed by atoms with Gasteiger partial charge in [-0.25, -0.2) is 0 Å². The summed E-state index contributed by atoms with van der Waals surface area (Å²) in [5.74, 6) is 0.336. The SMILES string of the molecule is Cl.NC(CNC(=O)CC1Sc2ccccc2NC1=O)C1CC1. The fourth-order valence-electron chi connectivity index (χ4n) is 2.39. The van der Waals surface area contributed by atoms with Gasteiger partial charge in [0.15, 0.2) is 0 Å². The molecule has 2 atom stereocenters. The summed E-state index contributed by atoms with van der Waals surface area (Å²) in [6.07, 6.45) is 2.51. The lowest BCUT2D eigenvalue weighted by Gasteiger charge is -2.23. The number of rotatable bonds is 5. The summed E-state index contributed by atoms with van der Waals surface area (Å²) in [6, 6.07) is 7.67. The van der Waals surface area contributed by atoms with Crippen LogP contribution in [0.3, 0.4) is 0 Å². The van der Waals surface area contributed by atoms with Crippen LogP contribution in [0.25, 0.3) is 0 Å². The van der Waals surface area contributed by atoms with Gasteiger partial charge in [0.25, 0.3) is 0 Å². The number of hydrogen-bond acceptors (Lipinski definition) is 4. The number of hydrogen-bond donors (Lipinski definition) is 3. The zero-order valence-electron chi connectivity index (χ0n) is 12.1. The fourth-order valence-corrected chi connectivity index (χ4v) is 3.50. The first kappa shape index (κ1) is 17.1. The van der Waals surface area contributed by atoms with Gasteiger partial charge in [-0.05, 0) is 30.9 Å². The predicted molar refractivity (Wildman–Crippen MR) is 90.3 cm³/mol. The van der Waals surface area contributed by atoms with Gasteiger partial charge in [0.2, 0.25) is 11.8 Å². The first-order valence-electron chi connectivity index (χ1n) is 7.22. The smallest absolute Gasteiger partial charge is 0.238 e. The maximum absolute atomic E-state index is 12.0. The number of benzene rings is 1. The van der Waals surface area contributed by atoms with Crippen molar-refractivity contribution < 1.29 is 9.59 Å². The van der Waals surface area contributed by atoms with Crippen LogP contribution in [0.15, 0.2) is 29.2 Å². The van der Waals surface area contributed by atoms with Crippen molar-refractivity contribution in [1.82, 2.24) is 5.32 Å². The Balaban J connectivity index is 0.00000176. The van der Waals surface area contributed by atoms with Gasteiger partial charge in [0, 0.05) is 23.9 Å². The second kappa shape index (κ2) is 7.35. The quantitative estimate of drug-likeness (QED) is 0.762. The molecule has 1 aromatic carbocycles. The molecular weight excluding hydrogens is 322 g/mol. The first-order valence-corrected chi connectivity index (χ1v) is 8.10. The highest BCUT2D eigenvalue weighted by molar-refractivity contribution is 8.01. The van der Waals surface area contributed by atoms with Gasteiger partial charge < -0.3 is 16.4 Å². The molecule has 5 nitrogen and oxygen atoms in total. The molecule has 0 saturated heterocycles. The van der Waals surface area contributed by atoms with E-state index in [9.17, 15) is 9.59 Å². The van der Waals surface area contributed by atoms with E-state index in [-0.39, 0.29) is 41.9 Å². The maximum Gasteiger partial charge on any atom is 0.238 e. The Bertz CT molecular complexity index is 565. The summed E-state index contributed by atoms with van der Waals surface area (Å²) < 4.78 is 0. The Hall–Kier alpha value is -1.24. The minimum atomic E-state index is -0.378. The molecule has 7 heteroatoms. The Morgan fingerprint density at radius 2 is 2.14 bits per heavy atom. The Labute approximate surface area is 140 Å². The topological polar surface area (TPSA) is 84.2 Å². The molecule has 22 heavy (non-hydrogen) atoms. The summed E-state index contributed by atoms with van der Waals surface area (Å²) in [5, 5.41) is 5.30. The number of nitrogens with two attached hydrogens (primary N) is 1. The number of nitrogens with one attached hydrogen (secondary N) is 2. The molecule has 4 N–H and O–H groups in total. The highest BCUT2D eigenvalue weighted by atomic mass is 35.5. The lowest BCUT2D eigenvalue weighted by atomic mass is 10.2. The van der Waals surface area contributed by atoms with Gasteiger partial charge in [-0.3, -0.25) is 9.59 Å².